The number of benzene rings is 1. The van der Waals surface area contributed by atoms with E-state index in [1.54, 1.807) is 0 Å². The Hall–Kier alpha value is -0.380. The van der Waals surface area contributed by atoms with Crippen molar-refractivity contribution in [2.24, 2.45) is 0 Å². The Morgan fingerprint density at radius 3 is 3.00 bits per heavy atom. The van der Waals surface area contributed by atoms with Crippen LogP contribution in [0, 0.1) is 0 Å². The van der Waals surface area contributed by atoms with Crippen LogP contribution < -0.4 is 0 Å². The van der Waals surface area contributed by atoms with Crippen LogP contribution in [0.2, 0.25) is 5.02 Å². The molecule has 4 heteroatoms. The maximum absolute atomic E-state index is 11.3. The van der Waals surface area contributed by atoms with Crippen molar-refractivity contribution in [2.75, 3.05) is 6.61 Å². The van der Waals surface area contributed by atoms with Crippen LogP contribution in [0.15, 0.2) is 22.7 Å². The largest absolute Gasteiger partial charge is 0.373 e. The van der Waals surface area contributed by atoms with Gasteiger partial charge in [-0.15, -0.1) is 0 Å². The van der Waals surface area contributed by atoms with Crippen molar-refractivity contribution in [1.29, 1.82) is 0 Å². The molecule has 0 bridgehead atoms. The number of halogens is 2. The van der Waals surface area contributed by atoms with Gasteiger partial charge >= 0.3 is 0 Å². The minimum Gasteiger partial charge on any atom is -0.373 e. The van der Waals surface area contributed by atoms with Crippen molar-refractivity contribution in [2.45, 2.75) is 18.9 Å². The van der Waals surface area contributed by atoms with E-state index in [1.807, 2.05) is 18.2 Å². The van der Waals surface area contributed by atoms with E-state index >= 15 is 0 Å². The van der Waals surface area contributed by atoms with E-state index in [2.05, 4.69) is 15.9 Å². The summed E-state index contributed by atoms with van der Waals surface area (Å²) in [5.41, 5.74) is 0.888. The molecule has 0 aromatic heterocycles. The quantitative estimate of drug-likeness (QED) is 0.790. The first-order valence-corrected chi connectivity index (χ1v) is 5.93. The van der Waals surface area contributed by atoms with Gasteiger partial charge in [-0.05, 0) is 22.0 Å². The Balaban J connectivity index is 2.28. The number of carbonyl (C=O) groups excluding carboxylic acids is 1. The minimum absolute atomic E-state index is 0.184. The van der Waals surface area contributed by atoms with Crippen molar-refractivity contribution in [3.8, 4) is 0 Å². The lowest BCUT2D eigenvalue weighted by Crippen LogP contribution is -2.19. The van der Waals surface area contributed by atoms with Gasteiger partial charge in [0, 0.05) is 22.9 Å². The average molecular weight is 290 g/mol. The van der Waals surface area contributed by atoms with Crippen LogP contribution in [0.1, 0.15) is 24.5 Å². The summed E-state index contributed by atoms with van der Waals surface area (Å²) in [6.07, 6.45) is 0.759. The molecule has 2 nitrogen and oxygen atoms in total. The van der Waals surface area contributed by atoms with Crippen molar-refractivity contribution in [3.63, 3.8) is 0 Å². The van der Waals surface area contributed by atoms with Gasteiger partial charge in [0.15, 0.2) is 0 Å². The van der Waals surface area contributed by atoms with Crippen LogP contribution >= 0.6 is 27.5 Å². The number of hydrogen-bond donors (Lipinski definition) is 0. The summed E-state index contributed by atoms with van der Waals surface area (Å²) < 4.78 is 6.38. The van der Waals surface area contributed by atoms with Gasteiger partial charge in [0.25, 0.3) is 0 Å². The molecule has 0 N–H and O–H groups in total. The summed E-state index contributed by atoms with van der Waals surface area (Å²) in [7, 11) is 0. The third-order valence-electron chi connectivity index (χ3n) is 2.44. The second-order valence-electron chi connectivity index (χ2n) is 3.50. The van der Waals surface area contributed by atoms with E-state index in [1.165, 1.54) is 0 Å². The second kappa shape index (κ2) is 4.64. The third kappa shape index (κ3) is 2.41. The lowest BCUT2D eigenvalue weighted by atomic mass is 10.0. The molecule has 0 radical (unpaired) electrons. The summed E-state index contributed by atoms with van der Waals surface area (Å²) in [5, 5.41) is 0.636. The standard InChI is InChI=1S/C11H10BrClO2/c12-9-3-1-2-8(11(9)13)10-6-7(14)4-5-15-10/h1-3,10H,4-6H2. The van der Waals surface area contributed by atoms with Crippen LogP contribution in [-0.4, -0.2) is 12.4 Å². The van der Waals surface area contributed by atoms with E-state index in [0.29, 0.717) is 24.5 Å². The first kappa shape index (κ1) is 11.1. The summed E-state index contributed by atoms with van der Waals surface area (Å²) in [4.78, 5) is 11.3. The first-order chi connectivity index (χ1) is 7.18. The zero-order valence-corrected chi connectivity index (χ0v) is 10.3. The highest BCUT2D eigenvalue weighted by molar-refractivity contribution is 9.10. The normalized spacial score (nSPS) is 21.7. The fourth-order valence-electron chi connectivity index (χ4n) is 1.65. The van der Waals surface area contributed by atoms with Crippen LogP contribution in [0.4, 0.5) is 0 Å². The van der Waals surface area contributed by atoms with Crippen LogP contribution in [0.3, 0.4) is 0 Å². The molecule has 1 heterocycles. The molecule has 0 spiro atoms. The predicted molar refractivity (Wildman–Crippen MR) is 62.1 cm³/mol. The second-order valence-corrected chi connectivity index (χ2v) is 4.73. The fraction of sp³-hybridized carbons (Fsp3) is 0.364. The molecule has 2 rings (SSSR count). The Morgan fingerprint density at radius 2 is 2.27 bits per heavy atom. The average Bonchev–Trinajstić information content (AvgIpc) is 2.22. The molecule has 1 atom stereocenters. The highest BCUT2D eigenvalue weighted by Gasteiger charge is 2.23. The van der Waals surface area contributed by atoms with Crippen molar-refractivity contribution in [1.82, 2.24) is 0 Å². The molecule has 15 heavy (non-hydrogen) atoms. The number of ether oxygens (including phenoxy) is 1. The lowest BCUT2D eigenvalue weighted by molar-refractivity contribution is -0.128. The summed E-state index contributed by atoms with van der Waals surface area (Å²) in [6.45, 7) is 0.492. The van der Waals surface area contributed by atoms with Crippen LogP contribution in [0.5, 0.6) is 0 Å². The minimum atomic E-state index is -0.184. The fourth-order valence-corrected chi connectivity index (χ4v) is 2.28. The summed E-state index contributed by atoms with van der Waals surface area (Å²) >= 11 is 9.49. The maximum atomic E-state index is 11.3. The SMILES string of the molecule is O=C1CCOC(c2cccc(Br)c2Cl)C1. The zero-order valence-electron chi connectivity index (χ0n) is 8.00. The topological polar surface area (TPSA) is 26.3 Å². The van der Waals surface area contributed by atoms with E-state index in [0.717, 1.165) is 10.0 Å². The zero-order chi connectivity index (χ0) is 10.8. The highest BCUT2D eigenvalue weighted by atomic mass is 79.9. The van der Waals surface area contributed by atoms with E-state index in [4.69, 9.17) is 16.3 Å². The van der Waals surface area contributed by atoms with Crippen LogP contribution in [0.25, 0.3) is 0 Å². The first-order valence-electron chi connectivity index (χ1n) is 4.75. The molecule has 0 saturated carbocycles. The smallest absolute Gasteiger partial charge is 0.138 e. The Kier molecular flexibility index (Phi) is 3.44. The van der Waals surface area contributed by atoms with Crippen molar-refractivity contribution < 1.29 is 9.53 Å². The van der Waals surface area contributed by atoms with Crippen LogP contribution in [-0.2, 0) is 9.53 Å². The predicted octanol–water partition coefficient (Wildman–Crippen LogP) is 3.52. The maximum Gasteiger partial charge on any atom is 0.138 e. The molecule has 1 aliphatic rings. The molecule has 1 saturated heterocycles. The Morgan fingerprint density at radius 1 is 1.47 bits per heavy atom. The number of rotatable bonds is 1. The highest BCUT2D eigenvalue weighted by Crippen LogP contribution is 2.35. The number of carbonyl (C=O) groups is 1. The van der Waals surface area contributed by atoms with E-state index in [-0.39, 0.29) is 11.9 Å². The van der Waals surface area contributed by atoms with Gasteiger partial charge in [-0.1, -0.05) is 23.7 Å². The van der Waals surface area contributed by atoms with Crippen molar-refractivity contribution in [3.05, 3.63) is 33.3 Å². The van der Waals surface area contributed by atoms with Crippen molar-refractivity contribution >= 4 is 33.3 Å². The number of Topliss-reactive ketones (excluding diaryl/α,β-unsaturated/α-hetero) is 1. The third-order valence-corrected chi connectivity index (χ3v) is 3.75. The molecular weight excluding hydrogens is 279 g/mol. The molecule has 0 amide bonds. The summed E-state index contributed by atoms with van der Waals surface area (Å²) in [5.74, 6) is 0.238. The van der Waals surface area contributed by atoms with Gasteiger partial charge in [0.05, 0.1) is 17.7 Å². The molecule has 1 unspecified atom stereocenters. The molecule has 1 aromatic rings. The Bertz CT molecular complexity index is 392. The number of hydrogen-bond acceptors (Lipinski definition) is 2. The molecule has 80 valence electrons. The molecule has 1 fully saturated rings. The molecule has 1 aliphatic heterocycles. The summed E-state index contributed by atoms with van der Waals surface area (Å²) in [6, 6.07) is 5.67. The van der Waals surface area contributed by atoms with Gasteiger partial charge in [-0.2, -0.15) is 0 Å². The van der Waals surface area contributed by atoms with E-state index < -0.39 is 0 Å². The molecular formula is C11H10BrClO2. The lowest BCUT2D eigenvalue weighted by Gasteiger charge is -2.23. The van der Waals surface area contributed by atoms with Gasteiger partial charge in [0.1, 0.15) is 5.78 Å². The monoisotopic (exact) mass is 288 g/mol. The number of ketones is 1. The van der Waals surface area contributed by atoms with Gasteiger partial charge in [-0.3, -0.25) is 4.79 Å². The van der Waals surface area contributed by atoms with Gasteiger partial charge in [0.2, 0.25) is 0 Å². The van der Waals surface area contributed by atoms with Gasteiger partial charge < -0.3 is 4.74 Å². The van der Waals surface area contributed by atoms with E-state index in [9.17, 15) is 4.79 Å². The van der Waals surface area contributed by atoms with Gasteiger partial charge in [-0.25, -0.2) is 0 Å². The molecule has 1 aromatic carbocycles. The Labute approximate surface area is 102 Å². The molecule has 0 aliphatic carbocycles.